The maximum absolute atomic E-state index is 4.43. The highest BCUT2D eigenvalue weighted by Gasteiger charge is 2.39. The van der Waals surface area contributed by atoms with E-state index in [0.717, 1.165) is 12.1 Å². The lowest BCUT2D eigenvalue weighted by Crippen LogP contribution is -2.27. The Morgan fingerprint density at radius 2 is 1.17 bits per heavy atom. The zero-order valence-electron chi connectivity index (χ0n) is 32.1. The van der Waals surface area contributed by atoms with Crippen LogP contribution in [0.2, 0.25) is 0 Å². The van der Waals surface area contributed by atoms with Crippen molar-refractivity contribution in [1.82, 2.24) is 0 Å². The van der Waals surface area contributed by atoms with Gasteiger partial charge < -0.3 is 4.90 Å². The third-order valence-corrected chi connectivity index (χ3v) is 10.9. The number of anilines is 1. The van der Waals surface area contributed by atoms with Crippen LogP contribution in [0.4, 0.5) is 5.69 Å². The highest BCUT2D eigenvalue weighted by molar-refractivity contribution is 5.70. The Hall–Kier alpha value is -2.80. The highest BCUT2D eigenvalue weighted by Crippen LogP contribution is 2.47. The number of para-hydroxylation sites is 1. The van der Waals surface area contributed by atoms with Gasteiger partial charge in [0.2, 0.25) is 0 Å². The van der Waals surface area contributed by atoms with Crippen LogP contribution in [0.3, 0.4) is 0 Å². The van der Waals surface area contributed by atoms with Crippen molar-refractivity contribution in [2.75, 3.05) is 11.4 Å². The molecule has 2 aromatic carbocycles. The third kappa shape index (κ3) is 12.3. The lowest BCUT2D eigenvalue weighted by atomic mass is 9.76. The molecule has 0 N–H and O–H groups in total. The van der Waals surface area contributed by atoms with Gasteiger partial charge in [0, 0.05) is 28.8 Å². The number of rotatable bonds is 24. The van der Waals surface area contributed by atoms with E-state index in [1.165, 1.54) is 144 Å². The minimum Gasteiger partial charge on any atom is -0.344 e. The summed E-state index contributed by atoms with van der Waals surface area (Å²) in [5.41, 5.74) is 7.90. The maximum Gasteiger partial charge on any atom is 0.0450 e. The third-order valence-electron chi connectivity index (χ3n) is 10.9. The molecule has 1 nitrogen and oxygen atoms in total. The maximum atomic E-state index is 4.43. The summed E-state index contributed by atoms with van der Waals surface area (Å²) in [6, 6.07) is 17.7. The molecule has 1 heterocycles. The molecule has 0 amide bonds. The van der Waals surface area contributed by atoms with Gasteiger partial charge in [-0.1, -0.05) is 217 Å². The van der Waals surface area contributed by atoms with E-state index in [1.807, 2.05) is 0 Å². The fourth-order valence-corrected chi connectivity index (χ4v) is 7.59. The fourth-order valence-electron chi connectivity index (χ4n) is 7.59. The van der Waals surface area contributed by atoms with Crippen molar-refractivity contribution >= 4 is 5.69 Å². The average molecular weight is 650 g/mol. The molecule has 0 atom stereocenters. The fraction of sp³-hybridized carbons (Fsp3) is 0.574. The monoisotopic (exact) mass is 650 g/mol. The van der Waals surface area contributed by atoms with Gasteiger partial charge in [0.05, 0.1) is 0 Å². The number of hydrogen-bond acceptors (Lipinski definition) is 1. The molecule has 0 unspecified atom stereocenters. The Kier molecular flexibility index (Phi) is 17.6. The Morgan fingerprint density at radius 1 is 0.667 bits per heavy atom. The molecule has 3 rings (SSSR count). The largest absolute Gasteiger partial charge is 0.344 e. The Balaban J connectivity index is 1.38. The summed E-state index contributed by atoms with van der Waals surface area (Å²) in [4.78, 5) is 2.59. The molecule has 0 radical (unpaired) electrons. The quantitative estimate of drug-likeness (QED) is 0.0808. The number of fused-ring (bicyclic) bond motifs is 1. The lowest BCUT2D eigenvalue weighted by molar-refractivity contribution is 0.525. The molecule has 1 aliphatic rings. The first-order chi connectivity index (χ1) is 23.2. The predicted octanol–water partition coefficient (Wildman–Crippen LogP) is 14.7. The Labute approximate surface area is 297 Å². The van der Waals surface area contributed by atoms with Gasteiger partial charge in [-0.25, -0.2) is 0 Å². The van der Waals surface area contributed by atoms with Gasteiger partial charge in [-0.2, -0.15) is 0 Å². The van der Waals surface area contributed by atoms with Crippen molar-refractivity contribution in [2.24, 2.45) is 0 Å². The SMILES string of the molecule is C=C(/C=C/C=C/C=C1/N(CCCCCCCCCCCCCCCCCCCC)c2ccccc2C1(C)C)C(C)(C)c1ccccc1C. The van der Waals surface area contributed by atoms with Crippen molar-refractivity contribution in [3.63, 3.8) is 0 Å². The number of hydrogen-bond donors (Lipinski definition) is 0. The molecule has 0 aliphatic carbocycles. The first kappa shape index (κ1) is 39.6. The molecule has 1 heteroatoms. The molecule has 2 aromatic rings. The second-order valence-corrected chi connectivity index (χ2v) is 15.6. The lowest BCUT2D eigenvalue weighted by Gasteiger charge is -2.28. The van der Waals surface area contributed by atoms with E-state index in [9.17, 15) is 0 Å². The van der Waals surface area contributed by atoms with Gasteiger partial charge in [0.1, 0.15) is 0 Å². The Bertz CT molecular complexity index is 1300. The number of unbranched alkanes of at least 4 members (excludes halogenated alkanes) is 17. The Morgan fingerprint density at radius 3 is 1.73 bits per heavy atom. The average Bonchev–Trinajstić information content (AvgIpc) is 3.29. The molecular weight excluding hydrogens is 579 g/mol. The van der Waals surface area contributed by atoms with Crippen LogP contribution in [0.15, 0.2) is 96.8 Å². The summed E-state index contributed by atoms with van der Waals surface area (Å²) in [5.74, 6) is 0. The van der Waals surface area contributed by atoms with Gasteiger partial charge in [0.25, 0.3) is 0 Å². The number of benzene rings is 2. The van der Waals surface area contributed by atoms with Crippen LogP contribution in [0.25, 0.3) is 0 Å². The molecular formula is C47H71N. The summed E-state index contributed by atoms with van der Waals surface area (Å²) >= 11 is 0. The van der Waals surface area contributed by atoms with E-state index >= 15 is 0 Å². The van der Waals surface area contributed by atoms with E-state index in [4.69, 9.17) is 0 Å². The van der Waals surface area contributed by atoms with E-state index in [1.54, 1.807) is 0 Å². The minimum absolute atomic E-state index is 0.00465. The number of allylic oxidation sites excluding steroid dienone is 7. The molecule has 0 bridgehead atoms. The van der Waals surface area contributed by atoms with E-state index in [2.05, 4.69) is 132 Å². The standard InChI is InChI=1S/C47H71N/c1-8-9-10-11-12-13-14-15-16-17-18-19-20-21-22-23-24-32-39-48-44-37-31-30-36-43(44)47(6,7)45(48)38-27-25-26-34-41(3)46(4,5)42-35-29-28-33-40(42)2/h25-31,33-38H,3,8-24,32,39H2,1-2,4-7H3/b27-25+,34-26+,45-38+. The zero-order valence-corrected chi connectivity index (χ0v) is 32.1. The normalized spacial score (nSPS) is 15.3. The summed E-state index contributed by atoms with van der Waals surface area (Å²) in [6.07, 6.45) is 36.5. The smallest absolute Gasteiger partial charge is 0.0450 e. The second-order valence-electron chi connectivity index (χ2n) is 15.6. The zero-order chi connectivity index (χ0) is 34.7. The summed E-state index contributed by atoms with van der Waals surface area (Å²) in [6.45, 7) is 19.3. The topological polar surface area (TPSA) is 3.24 Å². The highest BCUT2D eigenvalue weighted by atomic mass is 15.2. The van der Waals surface area contributed by atoms with Crippen LogP contribution in [0, 0.1) is 6.92 Å². The van der Waals surface area contributed by atoms with Crippen molar-refractivity contribution in [2.45, 2.75) is 168 Å². The van der Waals surface area contributed by atoms with Gasteiger partial charge in [-0.3, -0.25) is 0 Å². The second kappa shape index (κ2) is 21.3. The number of nitrogens with zero attached hydrogens (tertiary/aromatic N) is 1. The number of aryl methyl sites for hydroxylation is 1. The van der Waals surface area contributed by atoms with Gasteiger partial charge in [0.15, 0.2) is 0 Å². The van der Waals surface area contributed by atoms with Crippen LogP contribution in [-0.4, -0.2) is 6.54 Å². The van der Waals surface area contributed by atoms with Crippen LogP contribution in [0.1, 0.15) is 167 Å². The first-order valence-electron chi connectivity index (χ1n) is 19.9. The van der Waals surface area contributed by atoms with Crippen LogP contribution >= 0.6 is 0 Å². The van der Waals surface area contributed by atoms with Crippen molar-refractivity contribution in [1.29, 1.82) is 0 Å². The van der Waals surface area contributed by atoms with E-state index in [0.29, 0.717) is 0 Å². The van der Waals surface area contributed by atoms with E-state index < -0.39 is 0 Å². The van der Waals surface area contributed by atoms with Crippen LogP contribution in [0.5, 0.6) is 0 Å². The first-order valence-corrected chi connectivity index (χ1v) is 19.9. The van der Waals surface area contributed by atoms with Crippen molar-refractivity contribution in [3.05, 3.63) is 113 Å². The molecule has 0 aromatic heterocycles. The molecule has 0 fully saturated rings. The summed E-state index contributed by atoms with van der Waals surface area (Å²) in [7, 11) is 0. The van der Waals surface area contributed by atoms with Gasteiger partial charge in [-0.05, 0) is 47.8 Å². The summed E-state index contributed by atoms with van der Waals surface area (Å²) < 4.78 is 0. The predicted molar refractivity (Wildman–Crippen MR) is 215 cm³/mol. The molecule has 264 valence electrons. The van der Waals surface area contributed by atoms with E-state index in [-0.39, 0.29) is 10.8 Å². The van der Waals surface area contributed by atoms with Crippen molar-refractivity contribution in [3.8, 4) is 0 Å². The van der Waals surface area contributed by atoms with Crippen LogP contribution < -0.4 is 4.90 Å². The van der Waals surface area contributed by atoms with Crippen LogP contribution in [-0.2, 0) is 10.8 Å². The minimum atomic E-state index is -0.105. The molecule has 1 aliphatic heterocycles. The van der Waals surface area contributed by atoms with Gasteiger partial charge in [-0.15, -0.1) is 0 Å². The summed E-state index contributed by atoms with van der Waals surface area (Å²) in [5, 5.41) is 0. The van der Waals surface area contributed by atoms with Gasteiger partial charge >= 0.3 is 0 Å². The molecule has 0 spiro atoms. The van der Waals surface area contributed by atoms with Crippen molar-refractivity contribution < 1.29 is 0 Å². The molecule has 48 heavy (non-hydrogen) atoms. The molecule has 0 saturated heterocycles. The molecule has 0 saturated carbocycles.